The first-order valence-corrected chi connectivity index (χ1v) is 11.3. The van der Waals surface area contributed by atoms with Gasteiger partial charge in [0.05, 0.1) is 17.3 Å². The number of hydrogen-bond donors (Lipinski definition) is 1. The van der Waals surface area contributed by atoms with E-state index in [0.29, 0.717) is 5.92 Å². The van der Waals surface area contributed by atoms with Gasteiger partial charge in [-0.1, -0.05) is 38.8 Å². The van der Waals surface area contributed by atoms with E-state index in [9.17, 15) is 19.5 Å². The van der Waals surface area contributed by atoms with Gasteiger partial charge >= 0.3 is 17.9 Å². The highest BCUT2D eigenvalue weighted by atomic mass is 16.6. The third-order valence-corrected chi connectivity index (χ3v) is 9.89. The van der Waals surface area contributed by atoms with Crippen LogP contribution in [0.15, 0.2) is 11.6 Å². The standard InChI is InChI=1S/C24H32O5/c1-12(2)14-11-24-9-6-15-22(3,7-5-8-23(15,4)21(27)28)16(24)10-13(14)17-18(24)20(26)29-19(17)25/h11-13,15-18H,5-10H2,1-4H3,(H,27,28)/t13-,15+,16+,17+,18-,22-,23+,24-/m1/s1. The molecule has 5 aliphatic carbocycles. The molecule has 2 bridgehead atoms. The summed E-state index contributed by atoms with van der Waals surface area (Å²) in [6.45, 7) is 8.56. The van der Waals surface area contributed by atoms with Gasteiger partial charge in [-0.2, -0.15) is 0 Å². The number of ether oxygens (including phenoxy) is 1. The first-order valence-electron chi connectivity index (χ1n) is 11.3. The number of carboxylic acids is 1. The molecule has 1 N–H and O–H groups in total. The molecule has 0 aromatic heterocycles. The lowest BCUT2D eigenvalue weighted by Crippen LogP contribution is -2.65. The summed E-state index contributed by atoms with van der Waals surface area (Å²) in [5.74, 6) is -1.33. The van der Waals surface area contributed by atoms with Gasteiger partial charge in [-0.15, -0.1) is 0 Å². The minimum atomic E-state index is -0.707. The van der Waals surface area contributed by atoms with Gasteiger partial charge in [-0.3, -0.25) is 14.4 Å². The Balaban J connectivity index is 1.67. The van der Waals surface area contributed by atoms with Gasteiger partial charge in [-0.25, -0.2) is 0 Å². The van der Waals surface area contributed by atoms with Crippen LogP contribution in [0.3, 0.4) is 0 Å². The molecule has 1 saturated heterocycles. The van der Waals surface area contributed by atoms with Crippen molar-refractivity contribution in [2.45, 2.75) is 66.2 Å². The maximum atomic E-state index is 12.9. The van der Waals surface area contributed by atoms with Gasteiger partial charge in [0.15, 0.2) is 0 Å². The molecule has 0 unspecified atom stereocenters. The van der Waals surface area contributed by atoms with Crippen LogP contribution in [0.4, 0.5) is 0 Å². The van der Waals surface area contributed by atoms with Crippen LogP contribution >= 0.6 is 0 Å². The summed E-state index contributed by atoms with van der Waals surface area (Å²) in [5, 5.41) is 10.1. The molecule has 1 aliphatic heterocycles. The fraction of sp³-hybridized carbons (Fsp3) is 0.792. The molecule has 5 heteroatoms. The minimum Gasteiger partial charge on any atom is -0.481 e. The maximum Gasteiger partial charge on any atom is 0.318 e. The number of allylic oxidation sites excluding steroid dienone is 2. The lowest BCUT2D eigenvalue weighted by atomic mass is 9.34. The van der Waals surface area contributed by atoms with Gasteiger partial charge in [0.1, 0.15) is 0 Å². The first kappa shape index (κ1) is 19.3. The second kappa shape index (κ2) is 5.73. The topological polar surface area (TPSA) is 80.7 Å². The Morgan fingerprint density at radius 2 is 1.86 bits per heavy atom. The second-order valence-electron chi connectivity index (χ2n) is 11.2. The molecular weight excluding hydrogens is 368 g/mol. The number of carboxylic acid groups (broad SMARTS) is 1. The Morgan fingerprint density at radius 1 is 1.14 bits per heavy atom. The first-order chi connectivity index (χ1) is 13.6. The van der Waals surface area contributed by atoms with E-state index in [1.54, 1.807) is 0 Å². The summed E-state index contributed by atoms with van der Waals surface area (Å²) in [4.78, 5) is 37.8. The average molecular weight is 401 g/mol. The molecule has 0 aromatic rings. The SMILES string of the molecule is CC(C)C1=C[C@]23CC[C@H]4[C@@](C)(CCC[C@]4(C)C(=O)O)[C@@H]2C[C@H]1[C@@H]1C(=O)OC(=O)[C@@H]13. The summed E-state index contributed by atoms with van der Waals surface area (Å²) in [6, 6.07) is 0. The number of carbonyl (C=O) groups excluding carboxylic acids is 2. The van der Waals surface area contributed by atoms with E-state index in [1.807, 2.05) is 6.92 Å². The smallest absolute Gasteiger partial charge is 0.318 e. The van der Waals surface area contributed by atoms with Crippen molar-refractivity contribution in [3.8, 4) is 0 Å². The Morgan fingerprint density at radius 3 is 2.52 bits per heavy atom. The zero-order valence-electron chi connectivity index (χ0n) is 17.9. The predicted octanol–water partition coefficient (Wildman–Crippen LogP) is 4.21. The average Bonchev–Trinajstić information content (AvgIpc) is 2.97. The van der Waals surface area contributed by atoms with Gasteiger partial charge in [-0.05, 0) is 68.1 Å². The minimum absolute atomic E-state index is 0.0550. The summed E-state index contributed by atoms with van der Waals surface area (Å²) in [5.41, 5.74) is 0.122. The maximum absolute atomic E-state index is 12.9. The van der Waals surface area contributed by atoms with Crippen molar-refractivity contribution in [2.75, 3.05) is 0 Å². The van der Waals surface area contributed by atoms with Crippen LogP contribution in [0.5, 0.6) is 0 Å². The molecule has 6 aliphatic rings. The number of aliphatic carboxylic acids is 1. The molecule has 158 valence electrons. The molecule has 0 aromatic carbocycles. The van der Waals surface area contributed by atoms with E-state index in [1.165, 1.54) is 5.57 Å². The number of carbonyl (C=O) groups is 3. The molecule has 8 atom stereocenters. The van der Waals surface area contributed by atoms with Gasteiger partial charge in [0, 0.05) is 5.41 Å². The molecule has 3 saturated carbocycles. The Bertz CT molecular complexity index is 842. The third kappa shape index (κ3) is 2.14. The lowest BCUT2D eigenvalue weighted by molar-refractivity contribution is -0.195. The monoisotopic (exact) mass is 400 g/mol. The van der Waals surface area contributed by atoms with Crippen LogP contribution in [0.1, 0.15) is 66.2 Å². The molecule has 0 amide bonds. The van der Waals surface area contributed by atoms with E-state index in [2.05, 4.69) is 26.8 Å². The van der Waals surface area contributed by atoms with Crippen LogP contribution in [-0.2, 0) is 19.1 Å². The Kier molecular flexibility index (Phi) is 3.82. The van der Waals surface area contributed by atoms with E-state index in [0.717, 1.165) is 38.5 Å². The molecule has 1 spiro atoms. The summed E-state index contributed by atoms with van der Waals surface area (Å²) in [6.07, 6.45) is 7.48. The number of rotatable bonds is 2. The fourth-order valence-electron chi connectivity index (χ4n) is 8.76. The van der Waals surface area contributed by atoms with E-state index in [-0.39, 0.29) is 52.4 Å². The summed E-state index contributed by atoms with van der Waals surface area (Å²) in [7, 11) is 0. The van der Waals surface area contributed by atoms with Crippen molar-refractivity contribution < 1.29 is 24.2 Å². The Hall–Kier alpha value is -1.65. The quantitative estimate of drug-likeness (QED) is 0.427. The lowest BCUT2D eigenvalue weighted by Gasteiger charge is -2.68. The second-order valence-corrected chi connectivity index (χ2v) is 11.2. The predicted molar refractivity (Wildman–Crippen MR) is 105 cm³/mol. The van der Waals surface area contributed by atoms with Gasteiger partial charge < -0.3 is 9.84 Å². The van der Waals surface area contributed by atoms with Crippen molar-refractivity contribution in [3.63, 3.8) is 0 Å². The van der Waals surface area contributed by atoms with Crippen LogP contribution in [0, 0.1) is 51.8 Å². The van der Waals surface area contributed by atoms with Crippen LogP contribution in [0.2, 0.25) is 0 Å². The highest BCUT2D eigenvalue weighted by Crippen LogP contribution is 2.74. The highest BCUT2D eigenvalue weighted by molar-refractivity contribution is 5.98. The zero-order chi connectivity index (χ0) is 20.9. The number of esters is 2. The van der Waals surface area contributed by atoms with Crippen molar-refractivity contribution >= 4 is 17.9 Å². The van der Waals surface area contributed by atoms with Crippen molar-refractivity contribution in [3.05, 3.63) is 11.6 Å². The highest BCUT2D eigenvalue weighted by Gasteiger charge is 2.73. The summed E-state index contributed by atoms with van der Waals surface area (Å²) >= 11 is 0. The Labute approximate surface area is 172 Å². The zero-order valence-corrected chi connectivity index (χ0v) is 17.9. The third-order valence-electron chi connectivity index (χ3n) is 9.89. The van der Waals surface area contributed by atoms with Crippen LogP contribution in [-0.4, -0.2) is 23.0 Å². The van der Waals surface area contributed by atoms with Crippen LogP contribution < -0.4 is 0 Å². The molecular formula is C24H32O5. The van der Waals surface area contributed by atoms with E-state index >= 15 is 0 Å². The molecule has 0 radical (unpaired) electrons. The molecule has 5 nitrogen and oxygen atoms in total. The van der Waals surface area contributed by atoms with Crippen molar-refractivity contribution in [1.29, 1.82) is 0 Å². The normalized spacial score (nSPS) is 50.5. The van der Waals surface area contributed by atoms with Crippen LogP contribution in [0.25, 0.3) is 0 Å². The molecule has 6 rings (SSSR count). The van der Waals surface area contributed by atoms with Gasteiger partial charge in [0.25, 0.3) is 0 Å². The van der Waals surface area contributed by atoms with E-state index in [4.69, 9.17) is 4.74 Å². The fourth-order valence-corrected chi connectivity index (χ4v) is 8.76. The number of fused-ring (bicyclic) bond motifs is 1. The molecule has 1 heterocycles. The number of hydrogen-bond acceptors (Lipinski definition) is 4. The molecule has 4 fully saturated rings. The largest absolute Gasteiger partial charge is 0.481 e. The van der Waals surface area contributed by atoms with Crippen molar-refractivity contribution in [1.82, 2.24) is 0 Å². The molecule has 29 heavy (non-hydrogen) atoms. The summed E-state index contributed by atoms with van der Waals surface area (Å²) < 4.78 is 5.20. The number of cyclic esters (lactones) is 2. The van der Waals surface area contributed by atoms with Crippen molar-refractivity contribution in [2.24, 2.45) is 51.8 Å². The van der Waals surface area contributed by atoms with Gasteiger partial charge in [0.2, 0.25) is 0 Å². The van der Waals surface area contributed by atoms with E-state index < -0.39 is 11.4 Å².